The van der Waals surface area contributed by atoms with Crippen LogP contribution in [0.4, 0.5) is 4.39 Å². The van der Waals surface area contributed by atoms with Crippen LogP contribution in [0.5, 0.6) is 0 Å². The largest absolute Gasteiger partial charge is 0.468 e. The first-order valence-electron chi connectivity index (χ1n) is 11.7. The molecule has 0 spiro atoms. The molecule has 0 radical (unpaired) electrons. The van der Waals surface area contributed by atoms with Crippen molar-refractivity contribution in [3.8, 4) is 0 Å². The standard InChI is InChI=1S/C28H32FNO2S/c1-4-28(5-2)26(14-15-30-19-22-7-6-16-32-22)25-18-21(29)10-13-24(25)27(28)17-20-8-11-23(12-9-20)33(3)31/h6-13,16-18,26,30H,4-5,14-15,19H2,1-3H3/b27-17-. The smallest absolute Gasteiger partial charge is 0.123 e. The van der Waals surface area contributed by atoms with E-state index in [1.54, 1.807) is 24.7 Å². The van der Waals surface area contributed by atoms with Crippen LogP contribution in [0.1, 0.15) is 61.5 Å². The van der Waals surface area contributed by atoms with Crippen molar-refractivity contribution >= 4 is 22.4 Å². The zero-order chi connectivity index (χ0) is 23.4. The predicted molar refractivity (Wildman–Crippen MR) is 134 cm³/mol. The molecule has 0 saturated heterocycles. The summed E-state index contributed by atoms with van der Waals surface area (Å²) in [5.74, 6) is 0.970. The van der Waals surface area contributed by atoms with Crippen molar-refractivity contribution in [2.45, 2.75) is 50.5 Å². The number of rotatable bonds is 9. The number of benzene rings is 2. The fourth-order valence-corrected chi connectivity index (χ4v) is 5.91. The summed E-state index contributed by atoms with van der Waals surface area (Å²) in [4.78, 5) is 0.823. The molecule has 1 heterocycles. The lowest BCUT2D eigenvalue weighted by molar-refractivity contribution is 0.291. The number of hydrogen-bond donors (Lipinski definition) is 1. The van der Waals surface area contributed by atoms with E-state index in [2.05, 4.69) is 25.2 Å². The molecule has 0 bridgehead atoms. The minimum absolute atomic E-state index is 0.0608. The number of allylic oxidation sites excluding steroid dienone is 1. The van der Waals surface area contributed by atoms with E-state index in [1.165, 1.54) is 5.57 Å². The molecule has 0 fully saturated rings. The molecule has 3 aromatic rings. The zero-order valence-corrected chi connectivity index (χ0v) is 20.4. The Morgan fingerprint density at radius 2 is 1.88 bits per heavy atom. The molecule has 2 atom stereocenters. The van der Waals surface area contributed by atoms with Gasteiger partial charge in [-0.15, -0.1) is 0 Å². The summed E-state index contributed by atoms with van der Waals surface area (Å²) in [5, 5.41) is 3.49. The van der Waals surface area contributed by atoms with Gasteiger partial charge in [0.2, 0.25) is 0 Å². The SMILES string of the molecule is CCC1(CC)/C(=C\c2ccc(S(C)=O)cc2)c2ccc(F)cc2C1CCNCc1ccco1. The molecule has 2 unspecified atom stereocenters. The van der Waals surface area contributed by atoms with Crippen LogP contribution in [-0.4, -0.2) is 17.0 Å². The monoisotopic (exact) mass is 465 g/mol. The zero-order valence-electron chi connectivity index (χ0n) is 19.6. The van der Waals surface area contributed by atoms with Gasteiger partial charge in [0.05, 0.1) is 12.8 Å². The Hall–Kier alpha value is -2.50. The Bertz CT molecular complexity index is 1130. The van der Waals surface area contributed by atoms with Gasteiger partial charge in [-0.3, -0.25) is 4.21 Å². The number of hydrogen-bond acceptors (Lipinski definition) is 3. The maximum atomic E-state index is 14.4. The van der Waals surface area contributed by atoms with E-state index in [9.17, 15) is 8.60 Å². The molecule has 0 aliphatic heterocycles. The fourth-order valence-electron chi connectivity index (χ4n) is 5.39. The van der Waals surface area contributed by atoms with Crippen LogP contribution >= 0.6 is 0 Å². The Balaban J connectivity index is 1.67. The third-order valence-electron chi connectivity index (χ3n) is 7.16. The highest BCUT2D eigenvalue weighted by molar-refractivity contribution is 7.84. The quantitative estimate of drug-likeness (QED) is 0.354. The predicted octanol–water partition coefficient (Wildman–Crippen LogP) is 6.78. The summed E-state index contributed by atoms with van der Waals surface area (Å²) >= 11 is 0. The van der Waals surface area contributed by atoms with E-state index in [-0.39, 0.29) is 17.2 Å². The van der Waals surface area contributed by atoms with Gasteiger partial charge in [-0.25, -0.2) is 4.39 Å². The van der Waals surface area contributed by atoms with E-state index in [0.717, 1.165) is 53.2 Å². The van der Waals surface area contributed by atoms with Crippen LogP contribution in [0.3, 0.4) is 0 Å². The second kappa shape index (κ2) is 10.2. The highest BCUT2D eigenvalue weighted by atomic mass is 32.2. The van der Waals surface area contributed by atoms with Gasteiger partial charge in [0.1, 0.15) is 11.6 Å². The fraction of sp³-hybridized carbons (Fsp3) is 0.357. The van der Waals surface area contributed by atoms with Gasteiger partial charge in [-0.1, -0.05) is 38.1 Å². The second-order valence-electron chi connectivity index (χ2n) is 8.77. The van der Waals surface area contributed by atoms with Crippen molar-refractivity contribution in [1.82, 2.24) is 5.32 Å². The minimum Gasteiger partial charge on any atom is -0.468 e. The lowest BCUT2D eigenvalue weighted by Gasteiger charge is -2.36. The Kier molecular flexibility index (Phi) is 7.30. The molecule has 1 aliphatic rings. The highest BCUT2D eigenvalue weighted by Crippen LogP contribution is 2.60. The summed E-state index contributed by atoms with van der Waals surface area (Å²) in [5.41, 5.74) is 4.56. The molecular formula is C28H32FNO2S. The normalized spacial score (nSPS) is 19.0. The van der Waals surface area contributed by atoms with Gasteiger partial charge in [-0.05, 0) is 90.4 Å². The summed E-state index contributed by atoms with van der Waals surface area (Å²) in [7, 11) is -0.996. The van der Waals surface area contributed by atoms with Crippen molar-refractivity contribution in [1.29, 1.82) is 0 Å². The Labute approximate surface area is 198 Å². The molecule has 2 aromatic carbocycles. The van der Waals surface area contributed by atoms with E-state index < -0.39 is 10.8 Å². The van der Waals surface area contributed by atoms with Crippen molar-refractivity contribution in [3.63, 3.8) is 0 Å². The average Bonchev–Trinajstić information content (AvgIpc) is 3.42. The molecule has 1 aromatic heterocycles. The lowest BCUT2D eigenvalue weighted by atomic mass is 9.68. The maximum absolute atomic E-state index is 14.4. The van der Waals surface area contributed by atoms with E-state index in [1.807, 2.05) is 42.5 Å². The van der Waals surface area contributed by atoms with Crippen molar-refractivity contribution in [2.75, 3.05) is 12.8 Å². The summed E-state index contributed by atoms with van der Waals surface area (Å²) in [6, 6.07) is 17.0. The van der Waals surface area contributed by atoms with Crippen LogP contribution in [0.2, 0.25) is 0 Å². The molecule has 33 heavy (non-hydrogen) atoms. The molecule has 174 valence electrons. The maximum Gasteiger partial charge on any atom is 0.123 e. The first kappa shape index (κ1) is 23.7. The topological polar surface area (TPSA) is 42.2 Å². The molecule has 1 N–H and O–H groups in total. The van der Waals surface area contributed by atoms with Gasteiger partial charge in [-0.2, -0.15) is 0 Å². The minimum atomic E-state index is -0.996. The van der Waals surface area contributed by atoms with Gasteiger partial charge >= 0.3 is 0 Å². The molecule has 3 nitrogen and oxygen atoms in total. The third-order valence-corrected chi connectivity index (χ3v) is 8.09. The Morgan fingerprint density at radius 3 is 2.52 bits per heavy atom. The van der Waals surface area contributed by atoms with Crippen LogP contribution in [0.15, 0.2) is 70.2 Å². The number of furan rings is 1. The van der Waals surface area contributed by atoms with Crippen molar-refractivity contribution in [3.05, 3.63) is 89.1 Å². The molecule has 0 saturated carbocycles. The second-order valence-corrected chi connectivity index (χ2v) is 10.2. The van der Waals surface area contributed by atoms with Gasteiger partial charge in [0, 0.05) is 27.4 Å². The molecule has 1 aliphatic carbocycles. The summed E-state index contributed by atoms with van der Waals surface area (Å²) < 4.78 is 31.6. The first-order chi connectivity index (χ1) is 16.0. The summed E-state index contributed by atoms with van der Waals surface area (Å²) in [6.07, 6.45) is 8.51. The molecule has 0 amide bonds. The van der Waals surface area contributed by atoms with Crippen LogP contribution in [0.25, 0.3) is 11.6 Å². The van der Waals surface area contributed by atoms with Crippen LogP contribution < -0.4 is 5.32 Å². The van der Waals surface area contributed by atoms with Gasteiger partial charge in [0.15, 0.2) is 0 Å². The van der Waals surface area contributed by atoms with Crippen molar-refractivity contribution in [2.24, 2.45) is 5.41 Å². The molecular weight excluding hydrogens is 433 g/mol. The van der Waals surface area contributed by atoms with E-state index >= 15 is 0 Å². The molecule has 5 heteroatoms. The van der Waals surface area contributed by atoms with E-state index in [0.29, 0.717) is 6.54 Å². The van der Waals surface area contributed by atoms with Crippen molar-refractivity contribution < 1.29 is 13.0 Å². The Morgan fingerprint density at radius 1 is 1.12 bits per heavy atom. The van der Waals surface area contributed by atoms with E-state index in [4.69, 9.17) is 4.42 Å². The lowest BCUT2D eigenvalue weighted by Crippen LogP contribution is -2.27. The molecule has 4 rings (SSSR count). The highest BCUT2D eigenvalue weighted by Gasteiger charge is 2.46. The number of halogens is 1. The number of fused-ring (bicyclic) bond motifs is 1. The van der Waals surface area contributed by atoms with Crippen LogP contribution in [0, 0.1) is 11.2 Å². The average molecular weight is 466 g/mol. The number of nitrogens with one attached hydrogen (secondary N) is 1. The van der Waals surface area contributed by atoms with Gasteiger partial charge in [0.25, 0.3) is 0 Å². The summed E-state index contributed by atoms with van der Waals surface area (Å²) in [6.45, 7) is 6.00. The first-order valence-corrected chi connectivity index (χ1v) is 13.2. The third kappa shape index (κ3) is 4.75. The van der Waals surface area contributed by atoms with Crippen LogP contribution in [-0.2, 0) is 17.3 Å². The van der Waals surface area contributed by atoms with Gasteiger partial charge < -0.3 is 9.73 Å².